The standard InChI is InChI=1S/C21H25N5O3/c1-14-6-7-18-16(12-14)20(27)17(13-29-18)19(25-8-10-28-11-9-25)21-22-23-24-26(21)15-4-2-3-5-15/h6-7,12-13,15,19H,2-5,8-11H2,1H3/p+1/t19-/m0/s1. The van der Waals surface area contributed by atoms with Crippen LogP contribution >= 0.6 is 0 Å². The summed E-state index contributed by atoms with van der Waals surface area (Å²) in [5.41, 5.74) is 2.26. The lowest BCUT2D eigenvalue weighted by atomic mass is 10.0. The summed E-state index contributed by atoms with van der Waals surface area (Å²) in [6.07, 6.45) is 6.15. The maximum absolute atomic E-state index is 13.5. The number of fused-ring (bicyclic) bond motifs is 1. The molecule has 8 heteroatoms. The number of hydrogen-bond donors (Lipinski definition) is 1. The van der Waals surface area contributed by atoms with E-state index in [9.17, 15) is 4.79 Å². The van der Waals surface area contributed by atoms with E-state index < -0.39 is 0 Å². The molecule has 3 aromatic rings. The molecule has 0 amide bonds. The molecule has 2 aliphatic rings. The summed E-state index contributed by atoms with van der Waals surface area (Å²) in [7, 11) is 0. The lowest BCUT2D eigenvalue weighted by Crippen LogP contribution is -3.14. The molecule has 0 unspecified atom stereocenters. The first kappa shape index (κ1) is 18.4. The molecule has 3 heterocycles. The minimum absolute atomic E-state index is 0.0000798. The van der Waals surface area contributed by atoms with E-state index in [-0.39, 0.29) is 11.5 Å². The zero-order chi connectivity index (χ0) is 19.8. The summed E-state index contributed by atoms with van der Waals surface area (Å²) in [6, 6.07) is 5.75. The van der Waals surface area contributed by atoms with Crippen LogP contribution in [0.15, 0.2) is 33.7 Å². The monoisotopic (exact) mass is 396 g/mol. The second-order valence-corrected chi connectivity index (χ2v) is 8.14. The molecule has 1 saturated carbocycles. The van der Waals surface area contributed by atoms with Crippen LogP contribution in [-0.2, 0) is 4.74 Å². The van der Waals surface area contributed by atoms with Crippen molar-refractivity contribution in [2.24, 2.45) is 0 Å². The van der Waals surface area contributed by atoms with Crippen molar-refractivity contribution >= 4 is 11.0 Å². The number of nitrogens with one attached hydrogen (secondary N) is 1. The first-order valence-corrected chi connectivity index (χ1v) is 10.4. The summed E-state index contributed by atoms with van der Waals surface area (Å²) < 4.78 is 13.4. The predicted molar refractivity (Wildman–Crippen MR) is 106 cm³/mol. The van der Waals surface area contributed by atoms with Gasteiger partial charge in [0.15, 0.2) is 6.04 Å². The Labute approximate surface area is 168 Å². The van der Waals surface area contributed by atoms with E-state index in [1.165, 1.54) is 17.7 Å². The van der Waals surface area contributed by atoms with Crippen LogP contribution in [0.2, 0.25) is 0 Å². The van der Waals surface area contributed by atoms with Gasteiger partial charge in [0.25, 0.3) is 0 Å². The van der Waals surface area contributed by atoms with Gasteiger partial charge < -0.3 is 14.1 Å². The van der Waals surface area contributed by atoms with Crippen LogP contribution in [0.5, 0.6) is 0 Å². The van der Waals surface area contributed by atoms with E-state index in [4.69, 9.17) is 9.15 Å². The number of tetrazole rings is 1. The molecule has 2 aromatic heterocycles. The fourth-order valence-electron chi connectivity index (χ4n) is 4.72. The average Bonchev–Trinajstić information content (AvgIpc) is 3.43. The third-order valence-electron chi connectivity index (χ3n) is 6.26. The van der Waals surface area contributed by atoms with Crippen molar-refractivity contribution in [3.8, 4) is 0 Å². The van der Waals surface area contributed by atoms with E-state index in [0.717, 1.165) is 37.3 Å². The van der Waals surface area contributed by atoms with Crippen LogP contribution < -0.4 is 10.3 Å². The Kier molecular flexibility index (Phi) is 4.89. The molecule has 1 atom stereocenters. The predicted octanol–water partition coefficient (Wildman–Crippen LogP) is 1.21. The number of hydrogen-bond acceptors (Lipinski definition) is 6. The number of nitrogens with zero attached hydrogens (tertiary/aromatic N) is 4. The first-order chi connectivity index (χ1) is 14.2. The van der Waals surface area contributed by atoms with Gasteiger partial charge in [-0.05, 0) is 42.3 Å². The van der Waals surface area contributed by atoms with Gasteiger partial charge >= 0.3 is 0 Å². The quantitative estimate of drug-likeness (QED) is 0.713. The molecule has 8 nitrogen and oxygen atoms in total. The normalized spacial score (nSPS) is 19.8. The zero-order valence-corrected chi connectivity index (χ0v) is 16.6. The van der Waals surface area contributed by atoms with Crippen molar-refractivity contribution < 1.29 is 14.1 Å². The third kappa shape index (κ3) is 3.36. The smallest absolute Gasteiger partial charge is 0.214 e. The topological polar surface area (TPSA) is 87.5 Å². The Morgan fingerprint density at radius 3 is 2.79 bits per heavy atom. The van der Waals surface area contributed by atoms with E-state index in [1.54, 1.807) is 6.26 Å². The minimum Gasteiger partial charge on any atom is -0.464 e. The van der Waals surface area contributed by atoms with Crippen LogP contribution in [0.25, 0.3) is 11.0 Å². The van der Waals surface area contributed by atoms with Crippen LogP contribution in [0.4, 0.5) is 0 Å². The van der Waals surface area contributed by atoms with Gasteiger partial charge in [-0.2, -0.15) is 0 Å². The third-order valence-corrected chi connectivity index (χ3v) is 6.26. The van der Waals surface area contributed by atoms with E-state index >= 15 is 0 Å². The Morgan fingerprint density at radius 1 is 1.21 bits per heavy atom. The summed E-state index contributed by atoms with van der Waals surface area (Å²) in [6.45, 7) is 4.90. The number of ether oxygens (including phenoxy) is 1. The number of quaternary nitrogens is 1. The van der Waals surface area contributed by atoms with E-state index in [2.05, 4.69) is 15.5 Å². The Hall–Kier alpha value is -2.58. The van der Waals surface area contributed by atoms with Gasteiger partial charge in [0.1, 0.15) is 30.5 Å². The molecule has 1 N–H and O–H groups in total. The highest BCUT2D eigenvalue weighted by atomic mass is 16.5. The van der Waals surface area contributed by atoms with E-state index in [1.807, 2.05) is 29.8 Å². The van der Waals surface area contributed by atoms with Gasteiger partial charge in [-0.25, -0.2) is 4.68 Å². The largest absolute Gasteiger partial charge is 0.464 e. The zero-order valence-electron chi connectivity index (χ0n) is 16.6. The summed E-state index contributed by atoms with van der Waals surface area (Å²) in [5.74, 6) is 0.758. The molecule has 2 fully saturated rings. The van der Waals surface area contributed by atoms with Crippen molar-refractivity contribution in [3.63, 3.8) is 0 Å². The highest BCUT2D eigenvalue weighted by Gasteiger charge is 2.37. The highest BCUT2D eigenvalue weighted by Crippen LogP contribution is 2.31. The molecule has 1 aliphatic heterocycles. The van der Waals surface area contributed by atoms with Gasteiger partial charge in [-0.3, -0.25) is 4.79 Å². The lowest BCUT2D eigenvalue weighted by Gasteiger charge is -2.31. The average molecular weight is 396 g/mol. The molecule has 152 valence electrons. The molecule has 5 rings (SSSR count). The molecular formula is C21H26N5O3+. The second kappa shape index (κ2) is 7.68. The fraction of sp³-hybridized carbons (Fsp3) is 0.524. The number of morpholine rings is 1. The SMILES string of the molecule is Cc1ccc2occ([C@@H](c3nnnn3C3CCCC3)[NH+]3CCOCC3)c(=O)c2c1. The first-order valence-electron chi connectivity index (χ1n) is 10.4. The number of rotatable bonds is 4. The number of aryl methyl sites for hydroxylation is 1. The summed E-state index contributed by atoms with van der Waals surface area (Å²) >= 11 is 0. The highest BCUT2D eigenvalue weighted by molar-refractivity contribution is 5.77. The minimum atomic E-state index is -0.268. The molecule has 1 aromatic carbocycles. The molecule has 0 radical (unpaired) electrons. The van der Waals surface area contributed by atoms with Crippen molar-refractivity contribution in [3.05, 3.63) is 51.6 Å². The number of benzene rings is 1. The van der Waals surface area contributed by atoms with Crippen molar-refractivity contribution in [2.45, 2.75) is 44.7 Å². The van der Waals surface area contributed by atoms with Crippen LogP contribution in [-0.4, -0.2) is 46.5 Å². The van der Waals surface area contributed by atoms with Crippen molar-refractivity contribution in [1.29, 1.82) is 0 Å². The van der Waals surface area contributed by atoms with Gasteiger partial charge in [0, 0.05) is 0 Å². The summed E-state index contributed by atoms with van der Waals surface area (Å²) in [5, 5.41) is 13.3. The molecule has 1 saturated heterocycles. The molecule has 0 bridgehead atoms. The lowest BCUT2D eigenvalue weighted by molar-refractivity contribution is -0.934. The maximum atomic E-state index is 13.5. The van der Waals surface area contributed by atoms with Crippen molar-refractivity contribution in [1.82, 2.24) is 20.2 Å². The Balaban J connectivity index is 1.66. The summed E-state index contributed by atoms with van der Waals surface area (Å²) in [4.78, 5) is 14.8. The van der Waals surface area contributed by atoms with E-state index in [0.29, 0.717) is 35.8 Å². The van der Waals surface area contributed by atoms with Crippen LogP contribution in [0, 0.1) is 6.92 Å². The van der Waals surface area contributed by atoms with Crippen LogP contribution in [0.1, 0.15) is 54.7 Å². The fourth-order valence-corrected chi connectivity index (χ4v) is 4.72. The molecule has 29 heavy (non-hydrogen) atoms. The van der Waals surface area contributed by atoms with Crippen LogP contribution in [0.3, 0.4) is 0 Å². The maximum Gasteiger partial charge on any atom is 0.214 e. The van der Waals surface area contributed by atoms with Gasteiger partial charge in [-0.1, -0.05) is 24.5 Å². The molecule has 1 aliphatic carbocycles. The molecule has 0 spiro atoms. The Bertz CT molecular complexity index is 1060. The van der Waals surface area contributed by atoms with Gasteiger partial charge in [0.2, 0.25) is 11.3 Å². The van der Waals surface area contributed by atoms with Crippen molar-refractivity contribution in [2.75, 3.05) is 26.3 Å². The number of aromatic nitrogens is 4. The Morgan fingerprint density at radius 2 is 2.00 bits per heavy atom. The molecular weight excluding hydrogens is 370 g/mol. The van der Waals surface area contributed by atoms with Gasteiger partial charge in [0.05, 0.1) is 24.6 Å². The van der Waals surface area contributed by atoms with Gasteiger partial charge in [-0.15, -0.1) is 5.10 Å². The second-order valence-electron chi connectivity index (χ2n) is 8.14.